The molecule has 0 bridgehead atoms. The largest absolute Gasteiger partial charge is 0.465 e. The zero-order valence-corrected chi connectivity index (χ0v) is 15.8. The van der Waals surface area contributed by atoms with E-state index >= 15 is 0 Å². The van der Waals surface area contributed by atoms with Crippen LogP contribution in [-0.2, 0) is 25.5 Å². The number of rotatable bonds is 10. The molecule has 0 atom stereocenters. The molecular formula is C21H26N2O4. The van der Waals surface area contributed by atoms with Crippen LogP contribution in [0.3, 0.4) is 0 Å². The van der Waals surface area contributed by atoms with E-state index in [4.69, 9.17) is 9.47 Å². The molecule has 2 rings (SSSR count). The lowest BCUT2D eigenvalue weighted by Crippen LogP contribution is -2.16. The number of benzene rings is 2. The van der Waals surface area contributed by atoms with E-state index in [9.17, 15) is 9.59 Å². The van der Waals surface area contributed by atoms with Crippen molar-refractivity contribution in [2.24, 2.45) is 0 Å². The molecule has 0 saturated carbocycles. The van der Waals surface area contributed by atoms with Gasteiger partial charge in [-0.2, -0.15) is 0 Å². The summed E-state index contributed by atoms with van der Waals surface area (Å²) in [6, 6.07) is 15.9. The third kappa shape index (κ3) is 7.40. The number of nitrogens with one attached hydrogen (secondary N) is 2. The average molecular weight is 370 g/mol. The van der Waals surface area contributed by atoms with Gasteiger partial charge < -0.3 is 20.1 Å². The van der Waals surface area contributed by atoms with Crippen molar-refractivity contribution in [1.29, 1.82) is 0 Å². The number of hydrogen-bond donors (Lipinski definition) is 2. The standard InChI is InChI=1S/C21H26N2O4/c1-3-26-20(24)14-22-18-10-8-16(9-11-18)12-17-6-5-7-19(13-17)23-15-21(25)27-4-2/h5-11,13,22-23H,3-4,12,14-15H2,1-2H3. The number of hydrogen-bond acceptors (Lipinski definition) is 6. The van der Waals surface area contributed by atoms with E-state index in [-0.39, 0.29) is 25.0 Å². The molecule has 6 heteroatoms. The predicted octanol–water partition coefficient (Wildman–Crippen LogP) is 3.23. The van der Waals surface area contributed by atoms with Gasteiger partial charge in [-0.3, -0.25) is 9.59 Å². The summed E-state index contributed by atoms with van der Waals surface area (Å²) in [6.07, 6.45) is 0.771. The second-order valence-electron chi connectivity index (χ2n) is 5.89. The predicted molar refractivity (Wildman–Crippen MR) is 106 cm³/mol. The maximum atomic E-state index is 11.4. The van der Waals surface area contributed by atoms with E-state index in [0.717, 1.165) is 28.9 Å². The lowest BCUT2D eigenvalue weighted by molar-refractivity contribution is -0.141. The second-order valence-corrected chi connectivity index (χ2v) is 5.89. The zero-order chi connectivity index (χ0) is 19.5. The van der Waals surface area contributed by atoms with Crippen molar-refractivity contribution in [1.82, 2.24) is 0 Å². The molecule has 27 heavy (non-hydrogen) atoms. The van der Waals surface area contributed by atoms with Crippen molar-refractivity contribution in [3.63, 3.8) is 0 Å². The average Bonchev–Trinajstić information content (AvgIpc) is 2.67. The molecule has 0 aromatic heterocycles. The molecule has 0 saturated heterocycles. The number of carbonyl (C=O) groups is 2. The van der Waals surface area contributed by atoms with Crippen molar-refractivity contribution in [3.05, 3.63) is 59.7 Å². The summed E-state index contributed by atoms with van der Waals surface area (Å²) >= 11 is 0. The fourth-order valence-electron chi connectivity index (χ4n) is 2.54. The topological polar surface area (TPSA) is 76.7 Å². The minimum Gasteiger partial charge on any atom is -0.465 e. The first-order valence-corrected chi connectivity index (χ1v) is 9.07. The van der Waals surface area contributed by atoms with Gasteiger partial charge >= 0.3 is 11.9 Å². The van der Waals surface area contributed by atoms with Gasteiger partial charge in [-0.15, -0.1) is 0 Å². The number of esters is 2. The normalized spacial score (nSPS) is 10.1. The Hall–Kier alpha value is -3.02. The maximum Gasteiger partial charge on any atom is 0.325 e. The highest BCUT2D eigenvalue weighted by atomic mass is 16.5. The summed E-state index contributed by atoms with van der Waals surface area (Å²) in [5.41, 5.74) is 4.04. The van der Waals surface area contributed by atoms with E-state index in [0.29, 0.717) is 13.2 Å². The van der Waals surface area contributed by atoms with Crippen LogP contribution < -0.4 is 10.6 Å². The van der Waals surface area contributed by atoms with Crippen LogP contribution in [0, 0.1) is 0 Å². The minimum atomic E-state index is -0.270. The van der Waals surface area contributed by atoms with Gasteiger partial charge in [0.1, 0.15) is 13.1 Å². The zero-order valence-electron chi connectivity index (χ0n) is 15.8. The summed E-state index contributed by atoms with van der Waals surface area (Å²) in [7, 11) is 0. The van der Waals surface area contributed by atoms with Crippen LogP contribution in [-0.4, -0.2) is 38.2 Å². The monoisotopic (exact) mass is 370 g/mol. The molecule has 0 aliphatic rings. The van der Waals surface area contributed by atoms with Crippen molar-refractivity contribution in [3.8, 4) is 0 Å². The van der Waals surface area contributed by atoms with Crippen molar-refractivity contribution >= 4 is 23.3 Å². The molecule has 0 aliphatic heterocycles. The van der Waals surface area contributed by atoms with E-state index < -0.39 is 0 Å². The Balaban J connectivity index is 1.88. The highest BCUT2D eigenvalue weighted by molar-refractivity contribution is 5.75. The molecule has 0 unspecified atom stereocenters. The molecule has 0 radical (unpaired) electrons. The molecule has 0 spiro atoms. The van der Waals surface area contributed by atoms with Crippen LogP contribution in [0.5, 0.6) is 0 Å². The first kappa shape index (κ1) is 20.3. The Morgan fingerprint density at radius 3 is 1.96 bits per heavy atom. The maximum absolute atomic E-state index is 11.4. The van der Waals surface area contributed by atoms with Crippen LogP contribution in [0.15, 0.2) is 48.5 Å². The van der Waals surface area contributed by atoms with E-state index in [1.54, 1.807) is 13.8 Å². The molecular weight excluding hydrogens is 344 g/mol. The lowest BCUT2D eigenvalue weighted by atomic mass is 10.0. The summed E-state index contributed by atoms with van der Waals surface area (Å²) in [6.45, 7) is 4.64. The SMILES string of the molecule is CCOC(=O)CNc1ccc(Cc2cccc(NCC(=O)OCC)c2)cc1. The molecule has 2 N–H and O–H groups in total. The van der Waals surface area contributed by atoms with E-state index in [2.05, 4.69) is 10.6 Å². The van der Waals surface area contributed by atoms with Crippen LogP contribution in [0.2, 0.25) is 0 Å². The van der Waals surface area contributed by atoms with E-state index in [1.165, 1.54) is 0 Å². The third-order valence-electron chi connectivity index (χ3n) is 3.77. The molecule has 2 aromatic rings. The van der Waals surface area contributed by atoms with Crippen LogP contribution >= 0.6 is 0 Å². The Labute approximate surface area is 159 Å². The Kier molecular flexibility index (Phi) is 8.16. The molecule has 144 valence electrons. The molecule has 6 nitrogen and oxygen atoms in total. The molecule has 0 amide bonds. The fourth-order valence-corrected chi connectivity index (χ4v) is 2.54. The molecule has 2 aromatic carbocycles. The third-order valence-corrected chi connectivity index (χ3v) is 3.77. The number of anilines is 2. The van der Waals surface area contributed by atoms with Gasteiger partial charge in [0.25, 0.3) is 0 Å². The highest BCUT2D eigenvalue weighted by Crippen LogP contribution is 2.16. The van der Waals surface area contributed by atoms with Crippen molar-refractivity contribution in [2.45, 2.75) is 20.3 Å². The Bertz CT molecular complexity index is 744. The van der Waals surface area contributed by atoms with Gasteiger partial charge in [0, 0.05) is 11.4 Å². The van der Waals surface area contributed by atoms with Gasteiger partial charge in [0.15, 0.2) is 0 Å². The Morgan fingerprint density at radius 1 is 0.778 bits per heavy atom. The van der Waals surface area contributed by atoms with Gasteiger partial charge in [-0.25, -0.2) is 0 Å². The van der Waals surface area contributed by atoms with Gasteiger partial charge in [-0.1, -0.05) is 24.3 Å². The van der Waals surface area contributed by atoms with Gasteiger partial charge in [0.05, 0.1) is 13.2 Å². The summed E-state index contributed by atoms with van der Waals surface area (Å²) in [5.74, 6) is -0.539. The number of ether oxygens (including phenoxy) is 2. The van der Waals surface area contributed by atoms with Crippen LogP contribution in [0.1, 0.15) is 25.0 Å². The lowest BCUT2D eigenvalue weighted by Gasteiger charge is -2.09. The number of carbonyl (C=O) groups excluding carboxylic acids is 2. The van der Waals surface area contributed by atoms with Crippen LogP contribution in [0.4, 0.5) is 11.4 Å². The fraction of sp³-hybridized carbons (Fsp3) is 0.333. The first-order valence-electron chi connectivity index (χ1n) is 9.07. The molecule has 0 heterocycles. The quantitative estimate of drug-likeness (QED) is 0.626. The van der Waals surface area contributed by atoms with Crippen molar-refractivity contribution < 1.29 is 19.1 Å². The van der Waals surface area contributed by atoms with E-state index in [1.807, 2.05) is 48.5 Å². The summed E-state index contributed by atoms with van der Waals surface area (Å²) in [4.78, 5) is 22.8. The van der Waals surface area contributed by atoms with Crippen LogP contribution in [0.25, 0.3) is 0 Å². The smallest absolute Gasteiger partial charge is 0.325 e. The summed E-state index contributed by atoms with van der Waals surface area (Å²) < 4.78 is 9.80. The highest BCUT2D eigenvalue weighted by Gasteiger charge is 2.04. The first-order chi connectivity index (χ1) is 13.1. The second kappa shape index (κ2) is 10.9. The molecule has 0 fully saturated rings. The summed E-state index contributed by atoms with van der Waals surface area (Å²) in [5, 5.41) is 6.11. The Morgan fingerprint density at radius 2 is 1.37 bits per heavy atom. The van der Waals surface area contributed by atoms with Gasteiger partial charge in [0.2, 0.25) is 0 Å². The molecule has 0 aliphatic carbocycles. The minimum absolute atomic E-state index is 0.151. The van der Waals surface area contributed by atoms with Gasteiger partial charge in [-0.05, 0) is 55.7 Å². The van der Waals surface area contributed by atoms with Crippen molar-refractivity contribution in [2.75, 3.05) is 36.9 Å².